The third kappa shape index (κ3) is 3.87. The minimum atomic E-state index is 0.0492. The number of hydrogen-bond donors (Lipinski definition) is 1. The lowest BCUT2D eigenvalue weighted by atomic mass is 9.95. The highest BCUT2D eigenvalue weighted by Gasteiger charge is 2.27. The molecule has 1 fully saturated rings. The molecule has 0 spiro atoms. The number of nitrogens with zero attached hydrogens (tertiary/aromatic N) is 3. The zero-order valence-corrected chi connectivity index (χ0v) is 17.3. The van der Waals surface area contributed by atoms with Gasteiger partial charge in [-0.15, -0.1) is 11.3 Å². The van der Waals surface area contributed by atoms with Crippen LogP contribution in [0.3, 0.4) is 0 Å². The van der Waals surface area contributed by atoms with Crippen LogP contribution in [0.2, 0.25) is 0 Å². The van der Waals surface area contributed by atoms with Crippen molar-refractivity contribution in [1.29, 1.82) is 0 Å². The Bertz CT molecular complexity index is 958. The molecule has 1 aromatic carbocycles. The SMILES string of the molecule is CCc1ccc(NC(=O)C2CCN(c3ncnc4sc(CC)cc34)CC2)cc1. The van der Waals surface area contributed by atoms with Gasteiger partial charge in [-0.3, -0.25) is 4.79 Å². The molecule has 0 radical (unpaired) electrons. The zero-order chi connectivity index (χ0) is 19.5. The van der Waals surface area contributed by atoms with Gasteiger partial charge in [0, 0.05) is 29.6 Å². The Morgan fingerprint density at radius 1 is 1.14 bits per heavy atom. The van der Waals surface area contributed by atoms with Crippen molar-refractivity contribution < 1.29 is 4.79 Å². The van der Waals surface area contributed by atoms with E-state index in [-0.39, 0.29) is 11.8 Å². The Morgan fingerprint density at radius 3 is 2.57 bits per heavy atom. The van der Waals surface area contributed by atoms with Crippen LogP contribution in [0.5, 0.6) is 0 Å². The molecule has 146 valence electrons. The molecule has 0 atom stereocenters. The third-order valence-corrected chi connectivity index (χ3v) is 6.69. The molecule has 1 N–H and O–H groups in total. The van der Waals surface area contributed by atoms with Crippen molar-refractivity contribution in [2.24, 2.45) is 5.92 Å². The summed E-state index contributed by atoms with van der Waals surface area (Å²) in [5.74, 6) is 1.18. The fourth-order valence-electron chi connectivity index (χ4n) is 3.74. The van der Waals surface area contributed by atoms with Crippen molar-refractivity contribution in [3.8, 4) is 0 Å². The van der Waals surface area contributed by atoms with Crippen LogP contribution in [0.4, 0.5) is 11.5 Å². The second-order valence-corrected chi connectivity index (χ2v) is 8.40. The van der Waals surface area contributed by atoms with Crippen LogP contribution in [-0.4, -0.2) is 29.0 Å². The number of hydrogen-bond acceptors (Lipinski definition) is 5. The van der Waals surface area contributed by atoms with Gasteiger partial charge < -0.3 is 10.2 Å². The first-order valence-corrected chi connectivity index (χ1v) is 10.9. The van der Waals surface area contributed by atoms with Crippen molar-refractivity contribution >= 4 is 39.0 Å². The summed E-state index contributed by atoms with van der Waals surface area (Å²) in [6, 6.07) is 10.3. The van der Waals surface area contributed by atoms with Gasteiger partial charge in [-0.05, 0) is 49.4 Å². The Labute approximate surface area is 169 Å². The Balaban J connectivity index is 1.40. The lowest BCUT2D eigenvalue weighted by Gasteiger charge is -2.32. The Morgan fingerprint density at radius 2 is 1.89 bits per heavy atom. The predicted octanol–water partition coefficient (Wildman–Crippen LogP) is 4.67. The highest BCUT2D eigenvalue weighted by Crippen LogP contribution is 2.32. The van der Waals surface area contributed by atoms with E-state index in [9.17, 15) is 4.79 Å². The van der Waals surface area contributed by atoms with E-state index >= 15 is 0 Å². The van der Waals surface area contributed by atoms with Gasteiger partial charge in [0.15, 0.2) is 0 Å². The number of amides is 1. The topological polar surface area (TPSA) is 58.1 Å². The molecular formula is C22H26N4OS. The molecule has 1 amide bonds. The van der Waals surface area contributed by atoms with E-state index in [0.717, 1.165) is 60.5 Å². The molecule has 28 heavy (non-hydrogen) atoms. The number of carbonyl (C=O) groups is 1. The van der Waals surface area contributed by atoms with E-state index in [0.29, 0.717) is 0 Å². The second-order valence-electron chi connectivity index (χ2n) is 7.28. The Kier molecular flexibility index (Phi) is 5.57. The van der Waals surface area contributed by atoms with Gasteiger partial charge in [0.05, 0.1) is 5.39 Å². The summed E-state index contributed by atoms with van der Waals surface area (Å²) >= 11 is 1.74. The summed E-state index contributed by atoms with van der Waals surface area (Å²) in [5.41, 5.74) is 2.16. The van der Waals surface area contributed by atoms with Crippen molar-refractivity contribution in [1.82, 2.24) is 9.97 Å². The van der Waals surface area contributed by atoms with Crippen molar-refractivity contribution in [2.75, 3.05) is 23.3 Å². The number of aryl methyl sites for hydroxylation is 2. The first kappa shape index (κ1) is 18.9. The minimum absolute atomic E-state index is 0.0492. The normalized spacial score (nSPS) is 15.1. The molecule has 4 rings (SSSR count). The highest BCUT2D eigenvalue weighted by molar-refractivity contribution is 7.18. The van der Waals surface area contributed by atoms with Crippen LogP contribution in [0.15, 0.2) is 36.7 Å². The van der Waals surface area contributed by atoms with E-state index in [2.05, 4.69) is 52.2 Å². The summed E-state index contributed by atoms with van der Waals surface area (Å²) in [6.45, 7) is 5.98. The molecule has 1 aliphatic heterocycles. The number of carbonyl (C=O) groups excluding carboxylic acids is 1. The zero-order valence-electron chi connectivity index (χ0n) is 16.4. The lowest BCUT2D eigenvalue weighted by molar-refractivity contribution is -0.120. The maximum atomic E-state index is 12.7. The van der Waals surface area contributed by atoms with E-state index in [1.54, 1.807) is 17.7 Å². The lowest BCUT2D eigenvalue weighted by Crippen LogP contribution is -2.38. The molecule has 0 aliphatic carbocycles. The number of fused-ring (bicyclic) bond motifs is 1. The third-order valence-electron chi connectivity index (χ3n) is 5.50. The van der Waals surface area contributed by atoms with E-state index < -0.39 is 0 Å². The number of piperidine rings is 1. The van der Waals surface area contributed by atoms with Gasteiger partial charge in [0.25, 0.3) is 0 Å². The molecule has 3 heterocycles. The average Bonchev–Trinajstić information content (AvgIpc) is 3.18. The molecule has 3 aromatic rings. The quantitative estimate of drug-likeness (QED) is 0.683. The van der Waals surface area contributed by atoms with Crippen LogP contribution < -0.4 is 10.2 Å². The van der Waals surface area contributed by atoms with E-state index in [4.69, 9.17) is 0 Å². The molecule has 1 saturated heterocycles. The first-order valence-electron chi connectivity index (χ1n) is 10.1. The summed E-state index contributed by atoms with van der Waals surface area (Å²) in [4.78, 5) is 26.3. The van der Waals surface area contributed by atoms with Gasteiger partial charge in [0.2, 0.25) is 5.91 Å². The molecule has 2 aromatic heterocycles. The second kappa shape index (κ2) is 8.27. The molecule has 1 aliphatic rings. The highest BCUT2D eigenvalue weighted by atomic mass is 32.1. The van der Waals surface area contributed by atoms with Gasteiger partial charge in [-0.1, -0.05) is 26.0 Å². The molecule has 6 heteroatoms. The fraction of sp³-hybridized carbons (Fsp3) is 0.409. The standard InChI is InChI=1S/C22H26N4OS/c1-3-15-5-7-17(8-6-15)25-21(27)16-9-11-26(12-10-16)20-19-13-18(4-2)28-22(19)24-14-23-20/h5-8,13-14,16H,3-4,9-12H2,1-2H3,(H,25,27). The summed E-state index contributed by atoms with van der Waals surface area (Å²) in [7, 11) is 0. The van der Waals surface area contributed by atoms with Crippen molar-refractivity contribution in [2.45, 2.75) is 39.5 Å². The fourth-order valence-corrected chi connectivity index (χ4v) is 4.67. The Hall–Kier alpha value is -2.47. The summed E-state index contributed by atoms with van der Waals surface area (Å²) in [5, 5.41) is 4.22. The number of nitrogens with one attached hydrogen (secondary N) is 1. The van der Waals surface area contributed by atoms with Gasteiger partial charge in [-0.25, -0.2) is 9.97 Å². The monoisotopic (exact) mass is 394 g/mol. The largest absolute Gasteiger partial charge is 0.356 e. The number of benzene rings is 1. The number of rotatable bonds is 5. The van der Waals surface area contributed by atoms with Crippen LogP contribution in [0, 0.1) is 5.92 Å². The maximum absolute atomic E-state index is 12.7. The predicted molar refractivity (Wildman–Crippen MR) is 116 cm³/mol. The van der Waals surface area contributed by atoms with E-state index in [1.807, 2.05) is 12.1 Å². The molecule has 0 unspecified atom stereocenters. The molecular weight excluding hydrogens is 368 g/mol. The van der Waals surface area contributed by atoms with Gasteiger partial charge in [-0.2, -0.15) is 0 Å². The van der Waals surface area contributed by atoms with Crippen molar-refractivity contribution in [3.63, 3.8) is 0 Å². The van der Waals surface area contributed by atoms with Crippen LogP contribution >= 0.6 is 11.3 Å². The number of anilines is 2. The minimum Gasteiger partial charge on any atom is -0.356 e. The maximum Gasteiger partial charge on any atom is 0.227 e. The summed E-state index contributed by atoms with van der Waals surface area (Å²) in [6.07, 6.45) is 5.37. The van der Waals surface area contributed by atoms with Crippen LogP contribution in [-0.2, 0) is 17.6 Å². The number of thiophene rings is 1. The van der Waals surface area contributed by atoms with Gasteiger partial charge in [0.1, 0.15) is 17.0 Å². The smallest absolute Gasteiger partial charge is 0.227 e. The first-order chi connectivity index (χ1) is 13.7. The molecule has 5 nitrogen and oxygen atoms in total. The summed E-state index contributed by atoms with van der Waals surface area (Å²) < 4.78 is 0. The molecule has 0 bridgehead atoms. The van der Waals surface area contributed by atoms with Crippen molar-refractivity contribution in [3.05, 3.63) is 47.1 Å². The van der Waals surface area contributed by atoms with Gasteiger partial charge >= 0.3 is 0 Å². The van der Waals surface area contributed by atoms with Crippen LogP contribution in [0.1, 0.15) is 37.1 Å². The average molecular weight is 395 g/mol. The number of aromatic nitrogens is 2. The molecule has 0 saturated carbocycles. The van der Waals surface area contributed by atoms with Crippen LogP contribution in [0.25, 0.3) is 10.2 Å². The van der Waals surface area contributed by atoms with E-state index in [1.165, 1.54) is 10.4 Å².